The number of hydrazine groups is 1. The van der Waals surface area contributed by atoms with Crippen molar-refractivity contribution in [2.75, 3.05) is 17.3 Å². The maximum absolute atomic E-state index is 5.43. The minimum atomic E-state index is 0.308. The molecule has 0 atom stereocenters. The van der Waals surface area contributed by atoms with Crippen molar-refractivity contribution in [1.29, 1.82) is 0 Å². The van der Waals surface area contributed by atoms with E-state index in [1.165, 1.54) is 19.3 Å². The van der Waals surface area contributed by atoms with E-state index in [2.05, 4.69) is 25.7 Å². The Labute approximate surface area is 113 Å². The summed E-state index contributed by atoms with van der Waals surface area (Å²) in [6.45, 7) is 2.61. The van der Waals surface area contributed by atoms with Gasteiger partial charge in [0.2, 0.25) is 11.9 Å². The van der Waals surface area contributed by atoms with E-state index in [9.17, 15) is 0 Å². The molecule has 2 rings (SSSR count). The lowest BCUT2D eigenvalue weighted by Crippen LogP contribution is -2.24. The van der Waals surface area contributed by atoms with Crippen LogP contribution in [-0.4, -0.2) is 27.6 Å². The lowest BCUT2D eigenvalue weighted by atomic mass is 9.96. The Bertz CT molecular complexity index is 394. The monoisotopic (exact) mass is 266 g/mol. The van der Waals surface area contributed by atoms with Gasteiger partial charge in [0.05, 0.1) is 6.61 Å². The van der Waals surface area contributed by atoms with Crippen LogP contribution < -0.4 is 21.3 Å². The summed E-state index contributed by atoms with van der Waals surface area (Å²) in [5, 5.41) is 3.33. The number of anilines is 2. The second-order valence-electron chi connectivity index (χ2n) is 4.74. The molecule has 19 heavy (non-hydrogen) atoms. The van der Waals surface area contributed by atoms with E-state index in [1.807, 2.05) is 6.92 Å². The van der Waals surface area contributed by atoms with Crippen molar-refractivity contribution in [3.05, 3.63) is 0 Å². The van der Waals surface area contributed by atoms with Gasteiger partial charge in [0.25, 0.3) is 0 Å². The number of nitrogens with two attached hydrogens (primary N) is 1. The Morgan fingerprint density at radius 3 is 2.58 bits per heavy atom. The highest BCUT2D eigenvalue weighted by Crippen LogP contribution is 2.21. The van der Waals surface area contributed by atoms with Gasteiger partial charge >= 0.3 is 6.01 Å². The lowest BCUT2D eigenvalue weighted by Gasteiger charge is -2.22. The minimum absolute atomic E-state index is 0.308. The fourth-order valence-electron chi connectivity index (χ4n) is 2.17. The summed E-state index contributed by atoms with van der Waals surface area (Å²) in [5.41, 5.74) is 2.44. The van der Waals surface area contributed by atoms with Gasteiger partial charge in [0.15, 0.2) is 0 Å². The van der Waals surface area contributed by atoms with Crippen molar-refractivity contribution in [2.45, 2.75) is 51.5 Å². The summed E-state index contributed by atoms with van der Waals surface area (Å²) in [7, 11) is 0. The smallest absolute Gasteiger partial charge is 0.323 e. The summed E-state index contributed by atoms with van der Waals surface area (Å²) in [6, 6.07) is 0.740. The van der Waals surface area contributed by atoms with Crippen molar-refractivity contribution in [3.8, 4) is 6.01 Å². The second kappa shape index (κ2) is 7.08. The van der Waals surface area contributed by atoms with Crippen LogP contribution in [0.4, 0.5) is 11.9 Å². The third kappa shape index (κ3) is 4.20. The molecule has 106 valence electrons. The zero-order valence-corrected chi connectivity index (χ0v) is 11.4. The van der Waals surface area contributed by atoms with Crippen LogP contribution in [0.15, 0.2) is 0 Å². The summed E-state index contributed by atoms with van der Waals surface area (Å²) in [5.74, 6) is 6.21. The van der Waals surface area contributed by atoms with Gasteiger partial charge in [-0.2, -0.15) is 15.0 Å². The third-order valence-electron chi connectivity index (χ3n) is 3.12. The van der Waals surface area contributed by atoms with Gasteiger partial charge in [0, 0.05) is 6.04 Å². The highest BCUT2D eigenvalue weighted by atomic mass is 16.5. The van der Waals surface area contributed by atoms with Gasteiger partial charge in [0.1, 0.15) is 0 Å². The Morgan fingerprint density at radius 1 is 1.16 bits per heavy atom. The molecule has 0 saturated heterocycles. The van der Waals surface area contributed by atoms with Crippen LogP contribution in [0.25, 0.3) is 0 Å². The minimum Gasteiger partial charge on any atom is -0.463 e. The fourth-order valence-corrected chi connectivity index (χ4v) is 2.17. The van der Waals surface area contributed by atoms with Crippen molar-refractivity contribution >= 4 is 11.9 Å². The number of rotatable bonds is 6. The molecule has 4 N–H and O–H groups in total. The van der Waals surface area contributed by atoms with Crippen molar-refractivity contribution in [3.63, 3.8) is 0 Å². The number of nitrogens with one attached hydrogen (secondary N) is 2. The van der Waals surface area contributed by atoms with Gasteiger partial charge in [-0.05, 0) is 19.3 Å². The number of hydrogen-bond acceptors (Lipinski definition) is 7. The van der Waals surface area contributed by atoms with Crippen LogP contribution >= 0.6 is 0 Å². The number of aromatic nitrogens is 3. The SMILES string of the molecule is CCCOc1nc(NN)nc(NC2CCCCC2)n1. The van der Waals surface area contributed by atoms with Crippen LogP contribution in [0.2, 0.25) is 0 Å². The first kappa shape index (κ1) is 13.8. The molecule has 7 nitrogen and oxygen atoms in total. The average molecular weight is 266 g/mol. The number of nitrogen functional groups attached to an aromatic ring is 1. The molecule has 1 heterocycles. The molecule has 7 heteroatoms. The molecule has 0 amide bonds. The molecular formula is C12H22N6O. The Balaban J connectivity index is 2.04. The molecule has 0 aliphatic heterocycles. The van der Waals surface area contributed by atoms with E-state index >= 15 is 0 Å². The molecule has 1 aromatic heterocycles. The molecule has 1 aliphatic carbocycles. The molecular weight excluding hydrogens is 244 g/mol. The molecule has 0 spiro atoms. The van der Waals surface area contributed by atoms with Gasteiger partial charge in [-0.3, -0.25) is 5.43 Å². The van der Waals surface area contributed by atoms with Gasteiger partial charge in [-0.25, -0.2) is 5.84 Å². The summed E-state index contributed by atoms with van der Waals surface area (Å²) in [6.07, 6.45) is 7.04. The van der Waals surface area contributed by atoms with Crippen LogP contribution in [0, 0.1) is 0 Å². The van der Waals surface area contributed by atoms with E-state index in [-0.39, 0.29) is 0 Å². The van der Waals surface area contributed by atoms with E-state index < -0.39 is 0 Å². The first-order chi connectivity index (χ1) is 9.31. The van der Waals surface area contributed by atoms with Gasteiger partial charge < -0.3 is 10.1 Å². The molecule has 0 bridgehead atoms. The number of nitrogens with zero attached hydrogens (tertiary/aromatic N) is 3. The molecule has 1 saturated carbocycles. The zero-order chi connectivity index (χ0) is 13.5. The molecule has 1 aliphatic rings. The molecule has 1 aromatic rings. The predicted molar refractivity (Wildman–Crippen MR) is 73.9 cm³/mol. The standard InChI is InChI=1S/C12H22N6O/c1-2-8-19-12-16-10(15-11(17-12)18-13)14-9-6-4-3-5-7-9/h9H,2-8,13H2,1H3,(H2,14,15,16,17,18). The number of ether oxygens (including phenoxy) is 1. The van der Waals surface area contributed by atoms with Gasteiger partial charge in [-0.1, -0.05) is 26.2 Å². The average Bonchev–Trinajstić information content (AvgIpc) is 2.46. The normalized spacial score (nSPS) is 16.1. The highest BCUT2D eigenvalue weighted by Gasteiger charge is 2.15. The van der Waals surface area contributed by atoms with Crippen LogP contribution in [-0.2, 0) is 0 Å². The summed E-state index contributed by atoms with van der Waals surface area (Å²) >= 11 is 0. The molecule has 0 aromatic carbocycles. The maximum Gasteiger partial charge on any atom is 0.323 e. The Kier molecular flexibility index (Phi) is 5.14. The van der Waals surface area contributed by atoms with Crippen molar-refractivity contribution < 1.29 is 4.74 Å². The van der Waals surface area contributed by atoms with Crippen molar-refractivity contribution in [2.24, 2.45) is 5.84 Å². The Hall–Kier alpha value is -1.63. The predicted octanol–water partition coefficient (Wildman–Crippen LogP) is 1.69. The molecule has 1 fully saturated rings. The largest absolute Gasteiger partial charge is 0.463 e. The second-order valence-corrected chi connectivity index (χ2v) is 4.74. The van der Waals surface area contributed by atoms with E-state index in [0.717, 1.165) is 19.3 Å². The van der Waals surface area contributed by atoms with Crippen LogP contribution in [0.3, 0.4) is 0 Å². The summed E-state index contributed by atoms with van der Waals surface area (Å²) in [4.78, 5) is 12.5. The van der Waals surface area contributed by atoms with E-state index in [4.69, 9.17) is 10.6 Å². The van der Waals surface area contributed by atoms with Crippen LogP contribution in [0.1, 0.15) is 45.4 Å². The van der Waals surface area contributed by atoms with E-state index in [0.29, 0.717) is 30.6 Å². The quantitative estimate of drug-likeness (QED) is 0.532. The highest BCUT2D eigenvalue weighted by molar-refractivity contribution is 5.35. The third-order valence-corrected chi connectivity index (χ3v) is 3.12. The van der Waals surface area contributed by atoms with Crippen molar-refractivity contribution in [1.82, 2.24) is 15.0 Å². The fraction of sp³-hybridized carbons (Fsp3) is 0.750. The first-order valence-electron chi connectivity index (χ1n) is 6.94. The molecule has 0 radical (unpaired) electrons. The van der Waals surface area contributed by atoms with Gasteiger partial charge in [-0.15, -0.1) is 0 Å². The van der Waals surface area contributed by atoms with E-state index in [1.54, 1.807) is 0 Å². The topological polar surface area (TPSA) is 98.0 Å². The first-order valence-corrected chi connectivity index (χ1v) is 6.94. The maximum atomic E-state index is 5.43. The number of hydrogen-bond donors (Lipinski definition) is 3. The summed E-state index contributed by atoms with van der Waals surface area (Å²) < 4.78 is 5.43. The molecule has 0 unspecified atom stereocenters. The lowest BCUT2D eigenvalue weighted by molar-refractivity contribution is 0.292. The zero-order valence-electron chi connectivity index (χ0n) is 11.4. The Morgan fingerprint density at radius 2 is 1.89 bits per heavy atom. The van der Waals surface area contributed by atoms with Crippen LogP contribution in [0.5, 0.6) is 6.01 Å².